The molecule has 2 aliphatic carbocycles. The van der Waals surface area contributed by atoms with Crippen LogP contribution in [0.5, 0.6) is 0 Å². The monoisotopic (exact) mass is 705 g/mol. The minimum Gasteiger partial charge on any atom is -0.309 e. The molecule has 2 aliphatic rings. The Labute approximate surface area is 325 Å². The van der Waals surface area contributed by atoms with Crippen LogP contribution in [0.1, 0.15) is 43.2 Å². The average Bonchev–Trinajstić information content (AvgIpc) is 3.53. The molecule has 55 heavy (non-hydrogen) atoms. The van der Waals surface area contributed by atoms with Crippen LogP contribution >= 0.6 is 0 Å². The Hall–Kier alpha value is -6.44. The maximum absolute atomic E-state index is 2.52. The molecular weight excluding hydrogens is 663 g/mol. The van der Waals surface area contributed by atoms with Crippen molar-refractivity contribution < 1.29 is 0 Å². The lowest BCUT2D eigenvalue weighted by Gasteiger charge is -2.36. The first-order valence-electron chi connectivity index (χ1n) is 19.8. The highest BCUT2D eigenvalue weighted by Crippen LogP contribution is 2.57. The van der Waals surface area contributed by atoms with Crippen molar-refractivity contribution in [1.82, 2.24) is 0 Å². The zero-order chi connectivity index (χ0) is 36.6. The lowest BCUT2D eigenvalue weighted by atomic mass is 9.68. The van der Waals surface area contributed by atoms with E-state index in [9.17, 15) is 0 Å². The van der Waals surface area contributed by atoms with Gasteiger partial charge in [-0.2, -0.15) is 0 Å². The van der Waals surface area contributed by atoms with Crippen LogP contribution in [0.25, 0.3) is 55.6 Å². The maximum Gasteiger partial charge on any atom is 0.0540 e. The summed E-state index contributed by atoms with van der Waals surface area (Å²) in [5.74, 6) is 0. The number of rotatable bonds is 7. The average molecular weight is 706 g/mol. The van der Waals surface area contributed by atoms with E-state index in [1.54, 1.807) is 0 Å². The first kappa shape index (κ1) is 33.2. The molecular formula is C54H43N. The Morgan fingerprint density at radius 1 is 0.309 bits per heavy atom. The Balaban J connectivity index is 1.21. The van der Waals surface area contributed by atoms with Gasteiger partial charge in [-0.3, -0.25) is 0 Å². The number of fused-ring (bicyclic) bond motifs is 5. The maximum atomic E-state index is 2.52. The zero-order valence-electron chi connectivity index (χ0n) is 31.0. The smallest absolute Gasteiger partial charge is 0.0540 e. The van der Waals surface area contributed by atoms with Gasteiger partial charge >= 0.3 is 0 Å². The Morgan fingerprint density at radius 2 is 0.745 bits per heavy atom. The summed E-state index contributed by atoms with van der Waals surface area (Å²) in [6, 6.07) is 73.8. The fraction of sp³-hybridized carbons (Fsp3) is 0.111. The summed E-state index contributed by atoms with van der Waals surface area (Å²) < 4.78 is 0. The number of hydrogen-bond donors (Lipinski definition) is 0. The highest BCUT2D eigenvalue weighted by Gasteiger charge is 2.43. The van der Waals surface area contributed by atoms with Crippen LogP contribution in [0.15, 0.2) is 200 Å². The van der Waals surface area contributed by atoms with Crippen molar-refractivity contribution in [1.29, 1.82) is 0 Å². The van der Waals surface area contributed by atoms with E-state index in [0.29, 0.717) is 0 Å². The van der Waals surface area contributed by atoms with E-state index in [4.69, 9.17) is 0 Å². The van der Waals surface area contributed by atoms with Crippen LogP contribution in [0, 0.1) is 0 Å². The molecule has 1 nitrogen and oxygen atoms in total. The van der Waals surface area contributed by atoms with Crippen LogP contribution < -0.4 is 4.90 Å². The van der Waals surface area contributed by atoms with Crippen molar-refractivity contribution in [2.45, 2.75) is 37.5 Å². The van der Waals surface area contributed by atoms with Crippen molar-refractivity contribution in [3.63, 3.8) is 0 Å². The van der Waals surface area contributed by atoms with Crippen molar-refractivity contribution >= 4 is 17.1 Å². The molecule has 0 bridgehead atoms. The van der Waals surface area contributed by atoms with Crippen LogP contribution in [0.3, 0.4) is 0 Å². The van der Waals surface area contributed by atoms with Crippen molar-refractivity contribution in [2.75, 3.05) is 4.90 Å². The molecule has 10 rings (SSSR count). The van der Waals surface area contributed by atoms with Crippen molar-refractivity contribution in [3.8, 4) is 55.6 Å². The van der Waals surface area contributed by atoms with Crippen molar-refractivity contribution in [3.05, 3.63) is 211 Å². The summed E-state index contributed by atoms with van der Waals surface area (Å²) in [4.78, 5) is 2.52. The molecule has 8 aromatic rings. The molecule has 0 radical (unpaired) electrons. The van der Waals surface area contributed by atoms with Crippen LogP contribution in [0.2, 0.25) is 0 Å². The lowest BCUT2D eigenvalue weighted by molar-refractivity contribution is 0.353. The molecule has 0 aromatic heterocycles. The fourth-order valence-corrected chi connectivity index (χ4v) is 9.66. The van der Waals surface area contributed by atoms with E-state index in [1.807, 2.05) is 0 Å². The summed E-state index contributed by atoms with van der Waals surface area (Å²) in [5.41, 5.74) is 19.1. The van der Waals surface area contributed by atoms with E-state index >= 15 is 0 Å². The Kier molecular flexibility index (Phi) is 8.49. The first-order valence-corrected chi connectivity index (χ1v) is 19.8. The first-order chi connectivity index (χ1) is 27.3. The van der Waals surface area contributed by atoms with E-state index in [0.717, 1.165) is 11.4 Å². The highest BCUT2D eigenvalue weighted by atomic mass is 15.1. The van der Waals surface area contributed by atoms with Gasteiger partial charge in [-0.05, 0) is 92.7 Å². The predicted molar refractivity (Wildman–Crippen MR) is 232 cm³/mol. The van der Waals surface area contributed by atoms with Crippen LogP contribution in [-0.2, 0) is 5.41 Å². The minimum absolute atomic E-state index is 0.110. The lowest BCUT2D eigenvalue weighted by Crippen LogP contribution is -2.28. The standard InChI is InChI=1S/C54H43N/c1-4-20-39(21-5-1)42-24-8-9-26-44(42)45-27-10-11-28-46(45)48-30-14-17-33-53(48)55(52-32-16-13-25-43(52)40-22-6-2-7-23-40)41-34-35-51-49(38-41)47-29-12-15-31-50(47)54(51)36-18-3-19-37-54/h1-2,4-17,20-35,38H,3,18-19,36-37H2. The van der Waals surface area contributed by atoms with E-state index < -0.39 is 0 Å². The number of para-hydroxylation sites is 2. The molecule has 1 heteroatoms. The molecule has 0 N–H and O–H groups in total. The van der Waals surface area contributed by atoms with Gasteiger partial charge in [0.2, 0.25) is 0 Å². The zero-order valence-corrected chi connectivity index (χ0v) is 31.0. The predicted octanol–water partition coefficient (Wildman–Crippen LogP) is 15.1. The fourth-order valence-electron chi connectivity index (χ4n) is 9.66. The van der Waals surface area contributed by atoms with Gasteiger partial charge in [0.15, 0.2) is 0 Å². The second kappa shape index (κ2) is 14.1. The number of nitrogens with zero attached hydrogens (tertiary/aromatic N) is 1. The largest absolute Gasteiger partial charge is 0.309 e. The summed E-state index contributed by atoms with van der Waals surface area (Å²) in [7, 11) is 0. The number of anilines is 3. The SMILES string of the molecule is c1ccc(-c2ccccc2-c2ccccc2-c2ccccc2N(c2ccc3c(c2)-c2ccccc2C32CCCCC2)c2ccccc2-c2ccccc2)cc1. The second-order valence-electron chi connectivity index (χ2n) is 15.1. The molecule has 1 saturated carbocycles. The van der Waals surface area contributed by atoms with E-state index in [1.165, 1.54) is 105 Å². The molecule has 0 heterocycles. The van der Waals surface area contributed by atoms with Crippen LogP contribution in [0.4, 0.5) is 17.1 Å². The molecule has 0 atom stereocenters. The van der Waals surface area contributed by atoms with E-state index in [-0.39, 0.29) is 5.41 Å². The molecule has 0 saturated heterocycles. The van der Waals surface area contributed by atoms with Gasteiger partial charge in [-0.25, -0.2) is 0 Å². The molecule has 0 unspecified atom stereocenters. The van der Waals surface area contributed by atoms with Gasteiger partial charge in [0.05, 0.1) is 11.4 Å². The quantitative estimate of drug-likeness (QED) is 0.160. The van der Waals surface area contributed by atoms with Gasteiger partial charge < -0.3 is 4.90 Å². The van der Waals surface area contributed by atoms with Gasteiger partial charge in [-0.15, -0.1) is 0 Å². The summed E-state index contributed by atoms with van der Waals surface area (Å²) in [6.45, 7) is 0. The minimum atomic E-state index is 0.110. The molecule has 1 spiro atoms. The molecule has 264 valence electrons. The van der Waals surface area contributed by atoms with Gasteiger partial charge in [0, 0.05) is 22.2 Å². The van der Waals surface area contributed by atoms with Crippen molar-refractivity contribution in [2.24, 2.45) is 0 Å². The third-order valence-corrected chi connectivity index (χ3v) is 12.1. The molecule has 0 amide bonds. The Morgan fingerprint density at radius 3 is 1.40 bits per heavy atom. The van der Waals surface area contributed by atoms with E-state index in [2.05, 4.69) is 205 Å². The normalized spacial score (nSPS) is 14.0. The summed E-state index contributed by atoms with van der Waals surface area (Å²) >= 11 is 0. The third kappa shape index (κ3) is 5.70. The number of benzene rings is 8. The summed E-state index contributed by atoms with van der Waals surface area (Å²) in [6.07, 6.45) is 6.34. The second-order valence-corrected chi connectivity index (χ2v) is 15.1. The Bertz CT molecular complexity index is 2630. The summed E-state index contributed by atoms with van der Waals surface area (Å²) in [5, 5.41) is 0. The van der Waals surface area contributed by atoms with Crippen LogP contribution in [-0.4, -0.2) is 0 Å². The number of hydrogen-bond acceptors (Lipinski definition) is 1. The van der Waals surface area contributed by atoms with Gasteiger partial charge in [0.1, 0.15) is 0 Å². The third-order valence-electron chi connectivity index (χ3n) is 12.1. The molecule has 8 aromatic carbocycles. The molecule has 0 aliphatic heterocycles. The molecule has 1 fully saturated rings. The van der Waals surface area contributed by atoms with Gasteiger partial charge in [-0.1, -0.05) is 195 Å². The van der Waals surface area contributed by atoms with Gasteiger partial charge in [0.25, 0.3) is 0 Å². The topological polar surface area (TPSA) is 3.24 Å². The highest BCUT2D eigenvalue weighted by molar-refractivity contribution is 5.99.